The molecule has 2 heterocycles. The average molecular weight is 273 g/mol. The second-order valence-electron chi connectivity index (χ2n) is 4.96. The molecule has 0 fully saturated rings. The molecule has 20 heavy (non-hydrogen) atoms. The van der Waals surface area contributed by atoms with E-state index in [1.807, 2.05) is 6.07 Å². The number of anilines is 2. The van der Waals surface area contributed by atoms with Crippen LogP contribution in [0.2, 0.25) is 0 Å². The third-order valence-corrected chi connectivity index (χ3v) is 3.66. The number of benzene rings is 1. The molecule has 104 valence electrons. The van der Waals surface area contributed by atoms with Gasteiger partial charge in [-0.3, -0.25) is 10.1 Å². The van der Waals surface area contributed by atoms with Gasteiger partial charge in [0, 0.05) is 19.3 Å². The van der Waals surface area contributed by atoms with Crippen LogP contribution in [0.1, 0.15) is 11.1 Å². The number of nitrogens with two attached hydrogens (primary N) is 1. The number of aromatic nitrogens is 2. The molecule has 0 saturated carbocycles. The molecule has 0 unspecified atom stereocenters. The van der Waals surface area contributed by atoms with E-state index in [1.165, 1.54) is 22.1 Å². The molecule has 0 aliphatic carbocycles. The molecule has 2 aromatic rings. The number of nitrogens with zero attached hydrogens (tertiary/aromatic N) is 4. The van der Waals surface area contributed by atoms with Crippen molar-refractivity contribution in [2.24, 2.45) is 0 Å². The molecule has 0 bridgehead atoms. The third kappa shape index (κ3) is 1.97. The molecule has 1 aromatic heterocycles. The molecule has 1 aliphatic heterocycles. The first-order chi connectivity index (χ1) is 9.56. The Morgan fingerprint density at radius 2 is 2.30 bits per heavy atom. The van der Waals surface area contributed by atoms with Gasteiger partial charge >= 0.3 is 5.69 Å². The number of rotatable bonds is 3. The van der Waals surface area contributed by atoms with Gasteiger partial charge in [-0.25, -0.2) is 4.68 Å². The number of hydrogen-bond acceptors (Lipinski definition) is 5. The van der Waals surface area contributed by atoms with Crippen LogP contribution in [0.3, 0.4) is 0 Å². The lowest BCUT2D eigenvalue weighted by atomic mass is 10.1. The van der Waals surface area contributed by atoms with E-state index in [2.05, 4.69) is 29.2 Å². The van der Waals surface area contributed by atoms with Gasteiger partial charge in [-0.2, -0.15) is 5.10 Å². The first-order valence-corrected chi connectivity index (χ1v) is 6.35. The molecule has 0 saturated heterocycles. The topological polar surface area (TPSA) is 90.2 Å². The van der Waals surface area contributed by atoms with Crippen molar-refractivity contribution in [2.45, 2.75) is 13.0 Å². The number of hydrogen-bond donors (Lipinski definition) is 1. The van der Waals surface area contributed by atoms with Gasteiger partial charge in [0.2, 0.25) is 5.82 Å². The molecule has 3 rings (SSSR count). The van der Waals surface area contributed by atoms with Gasteiger partial charge in [-0.1, -0.05) is 12.1 Å². The zero-order valence-corrected chi connectivity index (χ0v) is 11.1. The number of nitro groups is 1. The van der Waals surface area contributed by atoms with E-state index in [4.69, 9.17) is 5.73 Å². The van der Waals surface area contributed by atoms with Crippen LogP contribution in [-0.4, -0.2) is 28.3 Å². The Kier molecular flexibility index (Phi) is 2.81. The van der Waals surface area contributed by atoms with Crippen LogP contribution < -0.4 is 10.6 Å². The number of nitrogen functional groups attached to an aromatic ring is 1. The highest BCUT2D eigenvalue weighted by Gasteiger charge is 2.19. The zero-order valence-electron chi connectivity index (χ0n) is 11.1. The van der Waals surface area contributed by atoms with Crippen molar-refractivity contribution in [2.75, 3.05) is 24.2 Å². The van der Waals surface area contributed by atoms with Crippen molar-refractivity contribution in [3.05, 3.63) is 45.6 Å². The van der Waals surface area contributed by atoms with Crippen molar-refractivity contribution in [1.29, 1.82) is 0 Å². The summed E-state index contributed by atoms with van der Waals surface area (Å²) in [5.41, 5.74) is 9.18. The van der Waals surface area contributed by atoms with Crippen LogP contribution in [0.25, 0.3) is 0 Å². The minimum atomic E-state index is -0.517. The third-order valence-electron chi connectivity index (χ3n) is 3.66. The van der Waals surface area contributed by atoms with E-state index in [1.54, 1.807) is 0 Å². The Bertz CT molecular complexity index is 679. The van der Waals surface area contributed by atoms with Crippen molar-refractivity contribution in [3.8, 4) is 0 Å². The normalized spacial score (nSPS) is 13.6. The fraction of sp³-hybridized carbons (Fsp3) is 0.308. The van der Waals surface area contributed by atoms with E-state index in [9.17, 15) is 10.1 Å². The van der Waals surface area contributed by atoms with E-state index < -0.39 is 4.92 Å². The minimum Gasteiger partial charge on any atom is -0.378 e. The summed E-state index contributed by atoms with van der Waals surface area (Å²) >= 11 is 0. The highest BCUT2D eigenvalue weighted by Crippen LogP contribution is 2.28. The Balaban J connectivity index is 1.87. The summed E-state index contributed by atoms with van der Waals surface area (Å²) in [6.07, 6.45) is 2.21. The second-order valence-corrected chi connectivity index (χ2v) is 4.96. The summed E-state index contributed by atoms with van der Waals surface area (Å²) < 4.78 is 1.46. The lowest BCUT2D eigenvalue weighted by Gasteiger charge is -2.12. The maximum absolute atomic E-state index is 10.7. The van der Waals surface area contributed by atoms with Gasteiger partial charge < -0.3 is 10.6 Å². The van der Waals surface area contributed by atoms with E-state index in [0.717, 1.165) is 18.5 Å². The minimum absolute atomic E-state index is 0.0904. The SMILES string of the molecule is CN1CCc2cc(Cn3ncc([N+](=O)[O-])c3N)ccc21. The van der Waals surface area contributed by atoms with E-state index in [-0.39, 0.29) is 11.5 Å². The van der Waals surface area contributed by atoms with E-state index >= 15 is 0 Å². The number of fused-ring (bicyclic) bond motifs is 1. The van der Waals surface area contributed by atoms with Crippen LogP contribution in [0.15, 0.2) is 24.4 Å². The maximum atomic E-state index is 10.7. The number of likely N-dealkylation sites (N-methyl/N-ethyl adjacent to an activating group) is 1. The molecule has 7 nitrogen and oxygen atoms in total. The van der Waals surface area contributed by atoms with Gasteiger partial charge in [-0.15, -0.1) is 0 Å². The summed E-state index contributed by atoms with van der Waals surface area (Å²) in [6, 6.07) is 6.20. The Morgan fingerprint density at radius 3 is 3.00 bits per heavy atom. The molecule has 0 amide bonds. The van der Waals surface area contributed by atoms with Crippen LogP contribution in [0, 0.1) is 10.1 Å². The Labute approximate surface area is 115 Å². The Morgan fingerprint density at radius 1 is 1.50 bits per heavy atom. The molecule has 1 aromatic carbocycles. The summed E-state index contributed by atoms with van der Waals surface area (Å²) in [5.74, 6) is 0.0904. The maximum Gasteiger partial charge on any atom is 0.330 e. The van der Waals surface area contributed by atoms with Gasteiger partial charge in [0.1, 0.15) is 6.20 Å². The van der Waals surface area contributed by atoms with Crippen molar-refractivity contribution < 1.29 is 4.92 Å². The molecule has 0 atom stereocenters. The molecule has 1 aliphatic rings. The average Bonchev–Trinajstić information content (AvgIpc) is 2.95. The summed E-state index contributed by atoms with van der Waals surface area (Å²) in [6.45, 7) is 1.46. The zero-order chi connectivity index (χ0) is 14.3. The van der Waals surface area contributed by atoms with Gasteiger partial charge in [0.15, 0.2) is 0 Å². The lowest BCUT2D eigenvalue weighted by Crippen LogP contribution is -2.12. The second kappa shape index (κ2) is 4.52. The van der Waals surface area contributed by atoms with Gasteiger partial charge in [0.25, 0.3) is 0 Å². The first kappa shape index (κ1) is 12.5. The van der Waals surface area contributed by atoms with Crippen LogP contribution in [0.5, 0.6) is 0 Å². The molecule has 7 heteroatoms. The lowest BCUT2D eigenvalue weighted by molar-refractivity contribution is -0.384. The highest BCUT2D eigenvalue weighted by molar-refractivity contribution is 5.58. The quantitative estimate of drug-likeness (QED) is 0.674. The predicted octanol–water partition coefficient (Wildman–Crippen LogP) is 1.41. The van der Waals surface area contributed by atoms with E-state index in [0.29, 0.717) is 6.54 Å². The monoisotopic (exact) mass is 273 g/mol. The molecule has 2 N–H and O–H groups in total. The standard InChI is InChI=1S/C13H15N5O2/c1-16-5-4-10-6-9(2-3-11(10)16)8-17-13(14)12(7-15-17)18(19)20/h2-3,6-7H,4-5,8,14H2,1H3. The van der Waals surface area contributed by atoms with Crippen LogP contribution >= 0.6 is 0 Å². The van der Waals surface area contributed by atoms with Crippen molar-refractivity contribution >= 4 is 17.2 Å². The largest absolute Gasteiger partial charge is 0.378 e. The summed E-state index contributed by atoms with van der Waals surface area (Å²) in [4.78, 5) is 12.4. The Hall–Kier alpha value is -2.57. The molecular formula is C13H15N5O2. The smallest absolute Gasteiger partial charge is 0.330 e. The fourth-order valence-electron chi connectivity index (χ4n) is 2.54. The fourth-order valence-corrected chi connectivity index (χ4v) is 2.54. The summed E-state index contributed by atoms with van der Waals surface area (Å²) in [7, 11) is 2.07. The molecular weight excluding hydrogens is 258 g/mol. The van der Waals surface area contributed by atoms with Crippen molar-refractivity contribution in [1.82, 2.24) is 9.78 Å². The highest BCUT2D eigenvalue weighted by atomic mass is 16.6. The van der Waals surface area contributed by atoms with Gasteiger partial charge in [-0.05, 0) is 23.6 Å². The first-order valence-electron chi connectivity index (χ1n) is 6.35. The summed E-state index contributed by atoms with van der Waals surface area (Å²) in [5, 5.41) is 14.7. The molecule has 0 spiro atoms. The predicted molar refractivity (Wildman–Crippen MR) is 75.8 cm³/mol. The molecule has 0 radical (unpaired) electrons. The van der Waals surface area contributed by atoms with Crippen LogP contribution in [0.4, 0.5) is 17.2 Å². The van der Waals surface area contributed by atoms with Gasteiger partial charge in [0.05, 0.1) is 11.5 Å². The van der Waals surface area contributed by atoms with Crippen LogP contribution in [-0.2, 0) is 13.0 Å². The van der Waals surface area contributed by atoms with Crippen molar-refractivity contribution in [3.63, 3.8) is 0 Å².